The van der Waals surface area contributed by atoms with Gasteiger partial charge in [-0.3, -0.25) is 0 Å². The van der Waals surface area contributed by atoms with Crippen LogP contribution in [0.5, 0.6) is 5.75 Å². The zero-order valence-corrected chi connectivity index (χ0v) is 19.2. The van der Waals surface area contributed by atoms with Crippen molar-refractivity contribution in [2.75, 3.05) is 6.54 Å². The third-order valence-corrected chi connectivity index (χ3v) is 7.90. The second-order valence-corrected chi connectivity index (χ2v) is 11.5. The molecule has 1 heterocycles. The number of amides is 1. The molecule has 0 radical (unpaired) electrons. The number of hydrogen-bond donors (Lipinski definition) is 0. The van der Waals surface area contributed by atoms with Gasteiger partial charge in [-0.15, -0.1) is 0 Å². The maximum Gasteiger partial charge on any atom is 0.534 e. The number of alkyl halides is 3. The highest BCUT2D eigenvalue weighted by Crippen LogP contribution is 2.56. The van der Waals surface area contributed by atoms with Crippen molar-refractivity contribution < 1.29 is 35.3 Å². The smallest absolute Gasteiger partial charge is 0.444 e. The summed E-state index contributed by atoms with van der Waals surface area (Å²) in [6.07, 6.45) is 4.58. The van der Waals surface area contributed by atoms with Crippen molar-refractivity contribution in [3.63, 3.8) is 0 Å². The monoisotopic (exact) mass is 475 g/mol. The van der Waals surface area contributed by atoms with Crippen LogP contribution in [-0.4, -0.2) is 43.1 Å². The number of hydrogen-bond acceptors (Lipinski definition) is 5. The Hall–Kier alpha value is -1.97. The Kier molecular flexibility index (Phi) is 5.46. The van der Waals surface area contributed by atoms with Crippen molar-refractivity contribution >= 4 is 16.2 Å². The van der Waals surface area contributed by atoms with Gasteiger partial charge in [0.1, 0.15) is 11.4 Å². The molecule has 1 aliphatic heterocycles. The molecule has 0 unspecified atom stereocenters. The first-order chi connectivity index (χ1) is 14.7. The topological polar surface area (TPSA) is 72.9 Å². The number of carbonyl (C=O) groups excluding carboxylic acids is 1. The van der Waals surface area contributed by atoms with Crippen molar-refractivity contribution in [1.29, 1.82) is 0 Å². The van der Waals surface area contributed by atoms with Crippen LogP contribution in [0.1, 0.15) is 64.0 Å². The maximum absolute atomic E-state index is 12.9. The lowest BCUT2D eigenvalue weighted by Gasteiger charge is -2.58. The van der Waals surface area contributed by atoms with Gasteiger partial charge in [-0.05, 0) is 75.6 Å². The summed E-state index contributed by atoms with van der Waals surface area (Å²) in [6, 6.07) is 4.30. The average molecular weight is 476 g/mol. The maximum atomic E-state index is 12.9. The fourth-order valence-corrected chi connectivity index (χ4v) is 6.21. The molecule has 0 aromatic heterocycles. The first-order valence-corrected chi connectivity index (χ1v) is 12.3. The number of fused-ring (bicyclic) bond motifs is 1. The van der Waals surface area contributed by atoms with E-state index in [1.165, 1.54) is 12.1 Å². The zero-order chi connectivity index (χ0) is 23.5. The first kappa shape index (κ1) is 23.2. The molecule has 32 heavy (non-hydrogen) atoms. The molecule has 2 bridgehead atoms. The van der Waals surface area contributed by atoms with E-state index in [9.17, 15) is 26.4 Å². The van der Waals surface area contributed by atoms with Crippen LogP contribution in [0.2, 0.25) is 0 Å². The van der Waals surface area contributed by atoms with Crippen LogP contribution >= 0.6 is 0 Å². The van der Waals surface area contributed by atoms with Gasteiger partial charge in [0.05, 0.1) is 0 Å². The molecule has 2 fully saturated rings. The van der Waals surface area contributed by atoms with Crippen molar-refractivity contribution in [3.8, 4) is 5.75 Å². The fourth-order valence-electron chi connectivity index (χ4n) is 5.76. The Bertz CT molecular complexity index is 1020. The first-order valence-electron chi connectivity index (χ1n) is 10.9. The predicted octanol–water partition coefficient (Wildman–Crippen LogP) is 4.91. The summed E-state index contributed by atoms with van der Waals surface area (Å²) in [5, 5.41) is 0. The Morgan fingerprint density at radius 3 is 2.53 bits per heavy atom. The number of rotatable bonds is 2. The summed E-state index contributed by atoms with van der Waals surface area (Å²) in [7, 11) is -5.74. The number of carbonyl (C=O) groups is 1. The van der Waals surface area contributed by atoms with E-state index in [1.807, 2.05) is 20.8 Å². The van der Waals surface area contributed by atoms with Crippen LogP contribution in [0.3, 0.4) is 0 Å². The number of ether oxygens (including phenoxy) is 1. The molecule has 4 rings (SSSR count). The second kappa shape index (κ2) is 7.53. The zero-order valence-electron chi connectivity index (χ0n) is 18.4. The van der Waals surface area contributed by atoms with Gasteiger partial charge in [0, 0.05) is 18.0 Å². The van der Waals surface area contributed by atoms with Gasteiger partial charge in [-0.2, -0.15) is 21.6 Å². The normalized spacial score (nSPS) is 27.9. The van der Waals surface area contributed by atoms with Crippen LogP contribution in [-0.2, 0) is 26.7 Å². The molecular formula is C22H28F3NO5S. The SMILES string of the molecule is CC(C)(C)OC(=O)N1CC[C@]23CCCC[C@H]2[C@H]1Cc1ccc(OS(=O)(=O)C(F)(F)F)cc13. The predicted molar refractivity (Wildman–Crippen MR) is 111 cm³/mol. The number of likely N-dealkylation sites (tertiary alicyclic amines) is 1. The fraction of sp³-hybridized carbons (Fsp3) is 0.682. The van der Waals surface area contributed by atoms with E-state index < -0.39 is 21.2 Å². The molecule has 0 spiro atoms. The highest BCUT2D eigenvalue weighted by Gasteiger charge is 2.55. The van der Waals surface area contributed by atoms with Crippen molar-refractivity contribution in [2.24, 2.45) is 5.92 Å². The lowest BCUT2D eigenvalue weighted by atomic mass is 9.52. The summed E-state index contributed by atoms with van der Waals surface area (Å²) >= 11 is 0. The molecule has 1 saturated heterocycles. The van der Waals surface area contributed by atoms with Crippen molar-refractivity contribution in [3.05, 3.63) is 29.3 Å². The van der Waals surface area contributed by atoms with E-state index in [-0.39, 0.29) is 29.2 Å². The summed E-state index contributed by atoms with van der Waals surface area (Å²) < 4.78 is 71.5. The Balaban J connectivity index is 1.70. The molecule has 1 amide bonds. The van der Waals surface area contributed by atoms with Gasteiger partial charge in [0.2, 0.25) is 0 Å². The van der Waals surface area contributed by atoms with Gasteiger partial charge in [-0.25, -0.2) is 4.79 Å². The second-order valence-electron chi connectivity index (χ2n) is 10.0. The van der Waals surface area contributed by atoms with Crippen molar-refractivity contribution in [1.82, 2.24) is 4.90 Å². The molecule has 10 heteroatoms. The van der Waals surface area contributed by atoms with Crippen LogP contribution in [0.4, 0.5) is 18.0 Å². The number of halogens is 3. The number of benzene rings is 1. The highest BCUT2D eigenvalue weighted by molar-refractivity contribution is 7.88. The minimum atomic E-state index is -5.74. The van der Waals surface area contributed by atoms with E-state index >= 15 is 0 Å². The lowest BCUT2D eigenvalue weighted by Crippen LogP contribution is -2.62. The highest BCUT2D eigenvalue weighted by atomic mass is 32.2. The summed E-state index contributed by atoms with van der Waals surface area (Å²) in [6.45, 7) is 5.97. The Morgan fingerprint density at radius 1 is 1.16 bits per heavy atom. The molecule has 178 valence electrons. The molecule has 2 aliphatic carbocycles. The minimum Gasteiger partial charge on any atom is -0.444 e. The number of piperidine rings is 1. The van der Waals surface area contributed by atoms with E-state index in [4.69, 9.17) is 4.74 Å². The molecule has 1 saturated carbocycles. The quantitative estimate of drug-likeness (QED) is 0.449. The van der Waals surface area contributed by atoms with Gasteiger partial charge < -0.3 is 13.8 Å². The van der Waals surface area contributed by atoms with Crippen LogP contribution in [0.25, 0.3) is 0 Å². The molecule has 6 nitrogen and oxygen atoms in total. The summed E-state index contributed by atoms with van der Waals surface area (Å²) in [5.41, 5.74) is -4.63. The average Bonchev–Trinajstić information content (AvgIpc) is 2.66. The van der Waals surface area contributed by atoms with E-state index in [0.717, 1.165) is 36.8 Å². The molecule has 3 atom stereocenters. The van der Waals surface area contributed by atoms with Gasteiger partial charge in [0.15, 0.2) is 0 Å². The van der Waals surface area contributed by atoms with Gasteiger partial charge in [-0.1, -0.05) is 18.9 Å². The third kappa shape index (κ3) is 3.95. The lowest BCUT2D eigenvalue weighted by molar-refractivity contribution is -0.0500. The summed E-state index contributed by atoms with van der Waals surface area (Å²) in [4.78, 5) is 14.7. The van der Waals surface area contributed by atoms with E-state index in [1.54, 1.807) is 11.0 Å². The largest absolute Gasteiger partial charge is 0.534 e. The van der Waals surface area contributed by atoms with E-state index in [2.05, 4.69) is 4.18 Å². The minimum absolute atomic E-state index is 0.0583. The molecule has 0 N–H and O–H groups in total. The van der Waals surface area contributed by atoms with Crippen molar-refractivity contribution in [2.45, 2.75) is 81.9 Å². The van der Waals surface area contributed by atoms with Crippen LogP contribution in [0.15, 0.2) is 18.2 Å². The molecule has 1 aromatic carbocycles. The van der Waals surface area contributed by atoms with Gasteiger partial charge >= 0.3 is 21.7 Å². The molecular weight excluding hydrogens is 447 g/mol. The van der Waals surface area contributed by atoms with Crippen LogP contribution < -0.4 is 4.18 Å². The Morgan fingerprint density at radius 2 is 1.88 bits per heavy atom. The van der Waals surface area contributed by atoms with Crippen LogP contribution in [0, 0.1) is 5.92 Å². The summed E-state index contributed by atoms with van der Waals surface area (Å²) in [5.74, 6) is -0.188. The molecule has 1 aromatic rings. The van der Waals surface area contributed by atoms with Gasteiger partial charge in [0.25, 0.3) is 0 Å². The number of nitrogens with zero attached hydrogens (tertiary/aromatic N) is 1. The standard InChI is InChI=1S/C22H28F3NO5S/c1-20(2,3)30-19(27)26-11-10-21-9-5-4-6-16(21)18(26)12-14-7-8-15(13-17(14)21)31-32(28,29)22(23,24)25/h7-8,13,16,18H,4-6,9-12H2,1-3H3/t16-,18+,21+/m0/s1. The van der Waals surface area contributed by atoms with E-state index in [0.29, 0.717) is 19.4 Å². The Labute approximate surface area is 186 Å². The third-order valence-electron chi connectivity index (χ3n) is 6.93. The molecule has 3 aliphatic rings.